The molecule has 3 heterocycles. The van der Waals surface area contributed by atoms with Gasteiger partial charge in [-0.05, 0) is 24.8 Å². The molecule has 0 saturated carbocycles. The van der Waals surface area contributed by atoms with Crippen LogP contribution in [0.3, 0.4) is 0 Å². The van der Waals surface area contributed by atoms with Gasteiger partial charge in [-0.25, -0.2) is 18.7 Å². The molecule has 1 aromatic heterocycles. The number of rotatable bonds is 4. The van der Waals surface area contributed by atoms with Gasteiger partial charge in [-0.3, -0.25) is 4.79 Å². The van der Waals surface area contributed by atoms with Crippen LogP contribution in [0.15, 0.2) is 30.3 Å². The minimum Gasteiger partial charge on any atom is -0.350 e. The van der Waals surface area contributed by atoms with Crippen molar-refractivity contribution >= 4 is 11.7 Å². The fourth-order valence-corrected chi connectivity index (χ4v) is 3.74. The summed E-state index contributed by atoms with van der Waals surface area (Å²) in [5, 5.41) is 2.79. The van der Waals surface area contributed by atoms with Gasteiger partial charge in [0.15, 0.2) is 0 Å². The molecule has 4 rings (SSSR count). The number of halogens is 2. The summed E-state index contributed by atoms with van der Waals surface area (Å²) in [6, 6.07) is 9.95. The van der Waals surface area contributed by atoms with Crippen LogP contribution in [0, 0.1) is 0 Å². The van der Waals surface area contributed by atoms with Crippen molar-refractivity contribution in [3.8, 4) is 0 Å². The molecule has 0 radical (unpaired) electrons. The maximum absolute atomic E-state index is 14.0. The van der Waals surface area contributed by atoms with Gasteiger partial charge in [0.1, 0.15) is 17.3 Å². The molecule has 1 amide bonds. The molecule has 0 unspecified atom stereocenters. The van der Waals surface area contributed by atoms with Gasteiger partial charge in [0.25, 0.3) is 11.8 Å². The van der Waals surface area contributed by atoms with E-state index in [1.165, 1.54) is 0 Å². The Morgan fingerprint density at radius 3 is 2.74 bits per heavy atom. The third-order valence-electron chi connectivity index (χ3n) is 5.08. The highest BCUT2D eigenvalue weighted by atomic mass is 19.3. The van der Waals surface area contributed by atoms with Crippen LogP contribution in [-0.4, -0.2) is 41.4 Å². The molecule has 2 aromatic rings. The molecule has 1 N–H and O–H groups in total. The number of nitrogens with one attached hydrogen (secondary N) is 1. The predicted octanol–water partition coefficient (Wildman–Crippen LogP) is 2.78. The minimum atomic E-state index is -2.72. The average molecular weight is 372 g/mol. The number of aryl methyl sites for hydroxylation is 2. The SMILES string of the molecule is O=C1NCCc2c1nc(CCc1ccccc1)nc2N1CCCC(F)(F)C1. The van der Waals surface area contributed by atoms with Gasteiger partial charge < -0.3 is 10.2 Å². The molecular weight excluding hydrogens is 350 g/mol. The largest absolute Gasteiger partial charge is 0.350 e. The monoisotopic (exact) mass is 372 g/mol. The number of hydrogen-bond donors (Lipinski definition) is 1. The number of nitrogens with zero attached hydrogens (tertiary/aromatic N) is 3. The van der Waals surface area contributed by atoms with Crippen LogP contribution in [0.25, 0.3) is 0 Å². The summed E-state index contributed by atoms with van der Waals surface area (Å²) < 4.78 is 27.9. The van der Waals surface area contributed by atoms with Gasteiger partial charge >= 0.3 is 0 Å². The third-order valence-corrected chi connectivity index (χ3v) is 5.08. The van der Waals surface area contributed by atoms with Crippen molar-refractivity contribution in [3.05, 3.63) is 53.0 Å². The number of anilines is 1. The Hall–Kier alpha value is -2.57. The van der Waals surface area contributed by atoms with E-state index >= 15 is 0 Å². The van der Waals surface area contributed by atoms with Crippen LogP contribution >= 0.6 is 0 Å². The van der Waals surface area contributed by atoms with Crippen LogP contribution in [0.4, 0.5) is 14.6 Å². The number of piperidine rings is 1. The molecule has 2 aliphatic rings. The Balaban J connectivity index is 1.66. The summed E-state index contributed by atoms with van der Waals surface area (Å²) >= 11 is 0. The first-order chi connectivity index (χ1) is 13.0. The Labute approximate surface area is 156 Å². The van der Waals surface area contributed by atoms with Crippen LogP contribution in [0.1, 0.15) is 40.3 Å². The summed E-state index contributed by atoms with van der Waals surface area (Å²) in [6.45, 7) is 0.658. The molecule has 0 bridgehead atoms. The smallest absolute Gasteiger partial charge is 0.270 e. The van der Waals surface area contributed by atoms with Gasteiger partial charge in [0.2, 0.25) is 0 Å². The molecule has 7 heteroatoms. The van der Waals surface area contributed by atoms with Crippen LogP contribution < -0.4 is 10.2 Å². The van der Waals surface area contributed by atoms with E-state index in [1.54, 1.807) is 4.90 Å². The number of benzene rings is 1. The number of carbonyl (C=O) groups excluding carboxylic acids is 1. The highest BCUT2D eigenvalue weighted by molar-refractivity contribution is 5.96. The van der Waals surface area contributed by atoms with E-state index in [0.717, 1.165) is 12.0 Å². The highest BCUT2D eigenvalue weighted by Crippen LogP contribution is 2.32. The highest BCUT2D eigenvalue weighted by Gasteiger charge is 2.37. The van der Waals surface area contributed by atoms with E-state index in [0.29, 0.717) is 55.3 Å². The Morgan fingerprint density at radius 2 is 1.96 bits per heavy atom. The molecule has 1 aromatic carbocycles. The summed E-state index contributed by atoms with van der Waals surface area (Å²) in [5.74, 6) is -1.93. The summed E-state index contributed by atoms with van der Waals surface area (Å²) in [7, 11) is 0. The number of hydrogen-bond acceptors (Lipinski definition) is 4. The van der Waals surface area contributed by atoms with Crippen molar-refractivity contribution < 1.29 is 13.6 Å². The first kappa shape index (κ1) is 17.8. The maximum atomic E-state index is 14.0. The number of carbonyl (C=O) groups is 1. The first-order valence-electron chi connectivity index (χ1n) is 9.36. The Morgan fingerprint density at radius 1 is 1.15 bits per heavy atom. The van der Waals surface area contributed by atoms with E-state index in [-0.39, 0.29) is 18.9 Å². The molecule has 27 heavy (non-hydrogen) atoms. The van der Waals surface area contributed by atoms with Gasteiger partial charge in [-0.2, -0.15) is 0 Å². The number of fused-ring (bicyclic) bond motifs is 1. The Kier molecular flexibility index (Phi) is 4.76. The van der Waals surface area contributed by atoms with Crippen LogP contribution in [-0.2, 0) is 19.3 Å². The average Bonchev–Trinajstić information content (AvgIpc) is 2.66. The third kappa shape index (κ3) is 3.91. The summed E-state index contributed by atoms with van der Waals surface area (Å²) in [5.41, 5.74) is 2.18. The molecule has 0 spiro atoms. The normalized spacial score (nSPS) is 18.7. The fourth-order valence-electron chi connectivity index (χ4n) is 3.74. The van der Waals surface area contributed by atoms with Crippen molar-refractivity contribution in [2.75, 3.05) is 24.5 Å². The lowest BCUT2D eigenvalue weighted by Crippen LogP contribution is -2.44. The minimum absolute atomic E-state index is 0.0991. The van der Waals surface area contributed by atoms with E-state index < -0.39 is 5.92 Å². The van der Waals surface area contributed by atoms with Crippen LogP contribution in [0.5, 0.6) is 0 Å². The molecule has 1 fully saturated rings. The van der Waals surface area contributed by atoms with Crippen LogP contribution in [0.2, 0.25) is 0 Å². The van der Waals surface area contributed by atoms with E-state index in [2.05, 4.69) is 15.3 Å². The van der Waals surface area contributed by atoms with Crippen molar-refractivity contribution in [2.45, 2.75) is 38.0 Å². The lowest BCUT2D eigenvalue weighted by atomic mass is 10.0. The number of alkyl halides is 2. The lowest BCUT2D eigenvalue weighted by Gasteiger charge is -2.35. The van der Waals surface area contributed by atoms with Gasteiger partial charge in [-0.15, -0.1) is 0 Å². The quantitative estimate of drug-likeness (QED) is 0.897. The number of aromatic nitrogens is 2. The second-order valence-electron chi connectivity index (χ2n) is 7.16. The summed E-state index contributed by atoms with van der Waals surface area (Å²) in [6.07, 6.45) is 2.17. The zero-order chi connectivity index (χ0) is 18.9. The second-order valence-corrected chi connectivity index (χ2v) is 7.16. The van der Waals surface area contributed by atoms with Gasteiger partial charge in [-0.1, -0.05) is 30.3 Å². The zero-order valence-corrected chi connectivity index (χ0v) is 15.0. The van der Waals surface area contributed by atoms with Crippen molar-refractivity contribution in [1.82, 2.24) is 15.3 Å². The van der Waals surface area contributed by atoms with Gasteiger partial charge in [0.05, 0.1) is 6.54 Å². The summed E-state index contributed by atoms with van der Waals surface area (Å²) in [4.78, 5) is 23.0. The maximum Gasteiger partial charge on any atom is 0.270 e. The van der Waals surface area contributed by atoms with Crippen molar-refractivity contribution in [3.63, 3.8) is 0 Å². The molecule has 2 aliphatic heterocycles. The molecule has 0 aliphatic carbocycles. The molecule has 142 valence electrons. The Bertz CT molecular complexity index is 841. The van der Waals surface area contributed by atoms with E-state index in [1.807, 2.05) is 30.3 Å². The van der Waals surface area contributed by atoms with Gasteiger partial charge in [0, 0.05) is 31.5 Å². The predicted molar refractivity (Wildman–Crippen MR) is 98.3 cm³/mol. The lowest BCUT2D eigenvalue weighted by molar-refractivity contribution is -0.0119. The number of amides is 1. The second kappa shape index (κ2) is 7.21. The zero-order valence-electron chi connectivity index (χ0n) is 15.0. The molecule has 1 saturated heterocycles. The fraction of sp³-hybridized carbons (Fsp3) is 0.450. The molecule has 0 atom stereocenters. The first-order valence-corrected chi connectivity index (χ1v) is 9.36. The van der Waals surface area contributed by atoms with E-state index in [9.17, 15) is 13.6 Å². The molecular formula is C20H22F2N4O. The topological polar surface area (TPSA) is 58.1 Å². The standard InChI is InChI=1S/C20H22F2N4O/c21-20(22)10-4-12-26(13-20)18-15-9-11-23-19(27)17(15)24-16(25-18)8-7-14-5-2-1-3-6-14/h1-3,5-6H,4,7-13H2,(H,23,27). The van der Waals surface area contributed by atoms with E-state index in [4.69, 9.17) is 0 Å². The van der Waals surface area contributed by atoms with Crippen molar-refractivity contribution in [1.29, 1.82) is 0 Å². The van der Waals surface area contributed by atoms with Crippen molar-refractivity contribution in [2.24, 2.45) is 0 Å². The molecule has 5 nitrogen and oxygen atoms in total.